The topological polar surface area (TPSA) is 71.9 Å². The number of hydrogen-bond acceptors (Lipinski definition) is 3. The van der Waals surface area contributed by atoms with E-state index in [0.29, 0.717) is 18.0 Å². The molecule has 0 aliphatic heterocycles. The van der Waals surface area contributed by atoms with E-state index < -0.39 is 5.82 Å². The van der Waals surface area contributed by atoms with Gasteiger partial charge in [-0.3, -0.25) is 9.59 Å². The summed E-state index contributed by atoms with van der Waals surface area (Å²) >= 11 is 0. The summed E-state index contributed by atoms with van der Waals surface area (Å²) < 4.78 is 19.2. The predicted octanol–water partition coefficient (Wildman–Crippen LogP) is 2.01. The number of anilines is 2. The molecule has 2 aromatic rings. The van der Waals surface area contributed by atoms with Crippen LogP contribution >= 0.6 is 0 Å². The van der Waals surface area contributed by atoms with Gasteiger partial charge in [-0.2, -0.15) is 0 Å². The molecule has 0 radical (unpaired) electrons. The molecule has 150 valence electrons. The van der Waals surface area contributed by atoms with E-state index in [0.717, 1.165) is 16.9 Å². The minimum absolute atomic E-state index is 0.0699. The van der Waals surface area contributed by atoms with Gasteiger partial charge in [0.15, 0.2) is 13.1 Å². The summed E-state index contributed by atoms with van der Waals surface area (Å²) in [5, 5.41) is 5.39. The molecule has 28 heavy (non-hydrogen) atoms. The maximum atomic E-state index is 13.9. The maximum absolute atomic E-state index is 13.9. The summed E-state index contributed by atoms with van der Waals surface area (Å²) in [5.74, 6) is -0.460. The van der Waals surface area contributed by atoms with E-state index in [-0.39, 0.29) is 30.6 Å². The molecule has 0 fully saturated rings. The van der Waals surface area contributed by atoms with Crippen molar-refractivity contribution in [3.63, 3.8) is 0 Å². The van der Waals surface area contributed by atoms with Crippen LogP contribution in [0, 0.1) is 12.7 Å². The number of carbonyl (C=O) groups is 2. The van der Waals surface area contributed by atoms with E-state index in [1.807, 2.05) is 13.0 Å². The Morgan fingerprint density at radius 2 is 1.68 bits per heavy atom. The number of ether oxygens (including phenoxy) is 1. The van der Waals surface area contributed by atoms with Gasteiger partial charge in [0.25, 0.3) is 11.8 Å². The number of nitrogens with one attached hydrogen (secondary N) is 3. The van der Waals surface area contributed by atoms with Gasteiger partial charge < -0.3 is 20.3 Å². The minimum Gasteiger partial charge on any atom is -0.495 e. The third-order valence-electron chi connectivity index (χ3n) is 4.20. The van der Waals surface area contributed by atoms with Gasteiger partial charge in [0.2, 0.25) is 0 Å². The number of methoxy groups -OCH3 is 1. The maximum Gasteiger partial charge on any atom is 0.279 e. The van der Waals surface area contributed by atoms with Crippen LogP contribution < -0.4 is 20.3 Å². The molecule has 2 amide bonds. The number of rotatable bonds is 9. The van der Waals surface area contributed by atoms with Gasteiger partial charge >= 0.3 is 0 Å². The summed E-state index contributed by atoms with van der Waals surface area (Å²) in [6.45, 7) is 4.59. The van der Waals surface area contributed by atoms with E-state index in [9.17, 15) is 14.0 Å². The van der Waals surface area contributed by atoms with Crippen molar-refractivity contribution in [1.29, 1.82) is 0 Å². The SMILES string of the molecule is CCC[NH+](CC(=O)Nc1ccc(C)cc1F)CC(=O)Nc1ccccc1OC. The van der Waals surface area contributed by atoms with Crippen LogP contribution in [0.2, 0.25) is 0 Å². The Kier molecular flexibility index (Phi) is 7.95. The summed E-state index contributed by atoms with van der Waals surface area (Å²) in [6, 6.07) is 11.8. The molecule has 0 saturated heterocycles. The zero-order chi connectivity index (χ0) is 20.5. The van der Waals surface area contributed by atoms with Crippen molar-refractivity contribution < 1.29 is 23.6 Å². The zero-order valence-corrected chi connectivity index (χ0v) is 16.5. The lowest BCUT2D eigenvalue weighted by atomic mass is 10.2. The molecule has 0 aliphatic rings. The van der Waals surface area contributed by atoms with Crippen molar-refractivity contribution in [3.8, 4) is 5.75 Å². The first-order chi connectivity index (χ1) is 13.4. The van der Waals surface area contributed by atoms with E-state index in [2.05, 4.69) is 10.6 Å². The molecule has 3 N–H and O–H groups in total. The quantitative estimate of drug-likeness (QED) is 0.615. The number of aryl methyl sites for hydroxylation is 1. The average molecular weight is 388 g/mol. The Labute approximate surface area is 164 Å². The van der Waals surface area contributed by atoms with Crippen LogP contribution in [-0.2, 0) is 9.59 Å². The number of halogens is 1. The van der Waals surface area contributed by atoms with Gasteiger partial charge in [-0.25, -0.2) is 4.39 Å². The Bertz CT molecular complexity index is 826. The highest BCUT2D eigenvalue weighted by Gasteiger charge is 2.19. The molecule has 2 aromatic carbocycles. The van der Waals surface area contributed by atoms with Crippen molar-refractivity contribution in [3.05, 3.63) is 53.8 Å². The second-order valence-corrected chi connectivity index (χ2v) is 6.63. The van der Waals surface area contributed by atoms with Gasteiger partial charge in [0, 0.05) is 0 Å². The molecule has 1 unspecified atom stereocenters. The number of para-hydroxylation sites is 2. The van der Waals surface area contributed by atoms with Gasteiger partial charge in [0.1, 0.15) is 11.6 Å². The second kappa shape index (κ2) is 10.4. The Morgan fingerprint density at radius 1 is 1.04 bits per heavy atom. The van der Waals surface area contributed by atoms with Crippen LogP contribution in [0.4, 0.5) is 15.8 Å². The summed E-state index contributed by atoms with van der Waals surface area (Å²) in [4.78, 5) is 25.5. The number of carbonyl (C=O) groups excluding carboxylic acids is 2. The molecular weight excluding hydrogens is 361 g/mol. The number of benzene rings is 2. The first-order valence-electron chi connectivity index (χ1n) is 9.25. The van der Waals surface area contributed by atoms with Gasteiger partial charge in [-0.15, -0.1) is 0 Å². The molecule has 0 bridgehead atoms. The van der Waals surface area contributed by atoms with Crippen LogP contribution in [-0.4, -0.2) is 38.6 Å². The largest absolute Gasteiger partial charge is 0.495 e. The molecule has 0 spiro atoms. The third-order valence-corrected chi connectivity index (χ3v) is 4.20. The second-order valence-electron chi connectivity index (χ2n) is 6.63. The minimum atomic E-state index is -0.473. The number of quaternary nitrogens is 1. The Morgan fingerprint density at radius 3 is 2.29 bits per heavy atom. The monoisotopic (exact) mass is 388 g/mol. The zero-order valence-electron chi connectivity index (χ0n) is 16.5. The van der Waals surface area contributed by atoms with Crippen molar-refractivity contribution in [1.82, 2.24) is 0 Å². The number of amides is 2. The fraction of sp³-hybridized carbons (Fsp3) is 0.333. The van der Waals surface area contributed by atoms with Crippen LogP contribution in [0.3, 0.4) is 0 Å². The third kappa shape index (κ3) is 6.35. The highest BCUT2D eigenvalue weighted by Crippen LogP contribution is 2.22. The first kappa shape index (κ1) is 21.4. The molecular formula is C21H27FN3O3+. The lowest BCUT2D eigenvalue weighted by molar-refractivity contribution is -0.883. The Hall–Kier alpha value is -2.93. The van der Waals surface area contributed by atoms with Crippen LogP contribution in [0.5, 0.6) is 5.75 Å². The first-order valence-corrected chi connectivity index (χ1v) is 9.25. The molecule has 0 saturated carbocycles. The highest BCUT2D eigenvalue weighted by molar-refractivity contribution is 5.94. The molecule has 7 heteroatoms. The van der Waals surface area contributed by atoms with Crippen molar-refractivity contribution in [2.75, 3.05) is 37.4 Å². The molecule has 0 aromatic heterocycles. The smallest absolute Gasteiger partial charge is 0.279 e. The fourth-order valence-corrected chi connectivity index (χ4v) is 2.91. The Balaban J connectivity index is 1.96. The lowest BCUT2D eigenvalue weighted by Crippen LogP contribution is -3.14. The molecule has 2 rings (SSSR count). The molecule has 6 nitrogen and oxygen atoms in total. The van der Waals surface area contributed by atoms with E-state index >= 15 is 0 Å². The van der Waals surface area contributed by atoms with Crippen LogP contribution in [0.1, 0.15) is 18.9 Å². The van der Waals surface area contributed by atoms with E-state index in [4.69, 9.17) is 4.74 Å². The summed E-state index contributed by atoms with van der Waals surface area (Å²) in [5.41, 5.74) is 1.50. The highest BCUT2D eigenvalue weighted by atomic mass is 19.1. The van der Waals surface area contributed by atoms with Crippen LogP contribution in [0.25, 0.3) is 0 Å². The lowest BCUT2D eigenvalue weighted by Gasteiger charge is -2.18. The van der Waals surface area contributed by atoms with Crippen molar-refractivity contribution in [2.45, 2.75) is 20.3 Å². The molecule has 1 atom stereocenters. The van der Waals surface area contributed by atoms with Crippen molar-refractivity contribution >= 4 is 23.2 Å². The van der Waals surface area contributed by atoms with E-state index in [1.54, 1.807) is 31.2 Å². The predicted molar refractivity (Wildman–Crippen MR) is 107 cm³/mol. The van der Waals surface area contributed by atoms with Gasteiger partial charge in [0.05, 0.1) is 25.0 Å². The average Bonchev–Trinajstić information content (AvgIpc) is 2.64. The molecule has 0 heterocycles. The standard InChI is InChI=1S/C21H26FN3O3/c1-4-11-25(13-20(26)23-17-10-9-15(2)12-16(17)22)14-21(27)24-18-7-5-6-8-19(18)28-3/h5-10,12H,4,11,13-14H2,1-3H3,(H,23,26)(H,24,27)/p+1. The van der Waals surface area contributed by atoms with E-state index in [1.165, 1.54) is 19.2 Å². The van der Waals surface area contributed by atoms with Gasteiger partial charge in [-0.05, 0) is 43.2 Å². The summed E-state index contributed by atoms with van der Waals surface area (Å²) in [7, 11) is 1.54. The fourth-order valence-electron chi connectivity index (χ4n) is 2.91. The van der Waals surface area contributed by atoms with Crippen molar-refractivity contribution in [2.24, 2.45) is 0 Å². The number of hydrogen-bond donors (Lipinski definition) is 3. The summed E-state index contributed by atoms with van der Waals surface area (Å²) in [6.07, 6.45) is 0.809. The molecule has 0 aliphatic carbocycles. The normalized spacial score (nSPS) is 11.6. The van der Waals surface area contributed by atoms with Crippen LogP contribution in [0.15, 0.2) is 42.5 Å². The van der Waals surface area contributed by atoms with Gasteiger partial charge in [-0.1, -0.05) is 25.1 Å².